The Balaban J connectivity index is 1.88. The molecule has 0 aliphatic carbocycles. The Kier molecular flexibility index (Phi) is 4.43. The first-order valence-corrected chi connectivity index (χ1v) is 7.68. The summed E-state index contributed by atoms with van der Waals surface area (Å²) >= 11 is 0. The minimum absolute atomic E-state index is 0.147. The van der Waals surface area contributed by atoms with Crippen LogP contribution in [0.3, 0.4) is 0 Å². The van der Waals surface area contributed by atoms with Crippen molar-refractivity contribution >= 4 is 28.4 Å². The maximum atomic E-state index is 13.4. The minimum Gasteiger partial charge on any atom is -0.369 e. The van der Waals surface area contributed by atoms with Crippen molar-refractivity contribution in [1.29, 1.82) is 0 Å². The predicted octanol–water partition coefficient (Wildman–Crippen LogP) is 2.96. The van der Waals surface area contributed by atoms with Crippen LogP contribution in [0.2, 0.25) is 0 Å². The number of aryl methyl sites for hydroxylation is 1. The Bertz CT molecular complexity index is 963. The van der Waals surface area contributed by atoms with Gasteiger partial charge in [-0.05, 0) is 42.8 Å². The zero-order valence-corrected chi connectivity index (χ0v) is 13.5. The van der Waals surface area contributed by atoms with Crippen LogP contribution in [-0.4, -0.2) is 16.8 Å². The van der Waals surface area contributed by atoms with Gasteiger partial charge in [0.15, 0.2) is 0 Å². The first-order chi connectivity index (χ1) is 11.9. The van der Waals surface area contributed by atoms with Gasteiger partial charge in [0, 0.05) is 22.8 Å². The van der Waals surface area contributed by atoms with Crippen molar-refractivity contribution in [2.24, 2.45) is 5.73 Å². The van der Waals surface area contributed by atoms with E-state index in [1.54, 1.807) is 43.3 Å². The minimum atomic E-state index is -0.414. The number of primary amides is 1. The van der Waals surface area contributed by atoms with Crippen LogP contribution in [0, 0.1) is 12.7 Å². The van der Waals surface area contributed by atoms with Crippen LogP contribution in [0.1, 0.15) is 21.6 Å². The van der Waals surface area contributed by atoms with Crippen LogP contribution in [0.4, 0.5) is 10.1 Å². The van der Waals surface area contributed by atoms with Crippen molar-refractivity contribution in [2.45, 2.75) is 13.3 Å². The van der Waals surface area contributed by atoms with Crippen LogP contribution < -0.4 is 11.1 Å². The first kappa shape index (κ1) is 16.6. The Morgan fingerprint density at radius 1 is 1.12 bits per heavy atom. The van der Waals surface area contributed by atoms with E-state index in [0.717, 1.165) is 5.56 Å². The number of hydrogen-bond acceptors (Lipinski definition) is 3. The van der Waals surface area contributed by atoms with Gasteiger partial charge in [0.2, 0.25) is 5.91 Å². The Morgan fingerprint density at radius 3 is 2.52 bits per heavy atom. The summed E-state index contributed by atoms with van der Waals surface area (Å²) < 4.78 is 13.4. The van der Waals surface area contributed by atoms with Gasteiger partial charge in [-0.25, -0.2) is 4.39 Å². The fraction of sp³-hybridized carbons (Fsp3) is 0.105. The van der Waals surface area contributed by atoms with Gasteiger partial charge >= 0.3 is 0 Å². The van der Waals surface area contributed by atoms with E-state index in [1.807, 2.05) is 0 Å². The number of halogens is 1. The third-order valence-electron chi connectivity index (χ3n) is 3.73. The number of anilines is 1. The summed E-state index contributed by atoms with van der Waals surface area (Å²) in [6.07, 6.45) is 0.147. The van der Waals surface area contributed by atoms with Crippen molar-refractivity contribution in [3.05, 3.63) is 71.2 Å². The van der Waals surface area contributed by atoms with Gasteiger partial charge in [-0.3, -0.25) is 14.6 Å². The molecule has 0 atom stereocenters. The van der Waals surface area contributed by atoms with Crippen molar-refractivity contribution in [3.8, 4) is 0 Å². The highest BCUT2D eigenvalue weighted by Gasteiger charge is 2.13. The normalized spacial score (nSPS) is 10.6. The second kappa shape index (κ2) is 6.68. The molecular weight excluding hydrogens is 321 g/mol. The van der Waals surface area contributed by atoms with Crippen LogP contribution in [0.5, 0.6) is 0 Å². The van der Waals surface area contributed by atoms with Gasteiger partial charge in [0.25, 0.3) is 5.91 Å². The SMILES string of the molecule is Cc1cc(C(=O)Nc2ccc(CC(N)=O)cc2)c2ccc(F)cc2n1. The summed E-state index contributed by atoms with van der Waals surface area (Å²) in [5.74, 6) is -1.13. The number of rotatable bonds is 4. The fourth-order valence-electron chi connectivity index (χ4n) is 2.63. The Morgan fingerprint density at radius 2 is 1.84 bits per heavy atom. The molecule has 0 unspecified atom stereocenters. The smallest absolute Gasteiger partial charge is 0.256 e. The molecule has 1 heterocycles. The van der Waals surface area contributed by atoms with E-state index >= 15 is 0 Å². The van der Waals surface area contributed by atoms with Gasteiger partial charge in [-0.15, -0.1) is 0 Å². The summed E-state index contributed by atoms with van der Waals surface area (Å²) in [6.45, 7) is 1.75. The molecule has 0 saturated heterocycles. The molecule has 0 aliphatic rings. The number of fused-ring (bicyclic) bond motifs is 1. The molecule has 3 rings (SSSR count). The van der Waals surface area contributed by atoms with Gasteiger partial charge in [0.05, 0.1) is 17.5 Å². The molecular formula is C19H16FN3O2. The average molecular weight is 337 g/mol. The molecule has 6 heteroatoms. The van der Waals surface area contributed by atoms with Crippen molar-refractivity contribution in [2.75, 3.05) is 5.32 Å². The highest BCUT2D eigenvalue weighted by atomic mass is 19.1. The Labute approximate surface area is 143 Å². The second-order valence-corrected chi connectivity index (χ2v) is 5.77. The molecule has 0 radical (unpaired) electrons. The number of hydrogen-bond donors (Lipinski definition) is 2. The number of aromatic nitrogens is 1. The molecule has 3 aromatic rings. The Hall–Kier alpha value is -3.28. The van der Waals surface area contributed by atoms with E-state index < -0.39 is 11.7 Å². The lowest BCUT2D eigenvalue weighted by Crippen LogP contribution is -2.14. The number of nitrogens with zero attached hydrogens (tertiary/aromatic N) is 1. The van der Waals surface area contributed by atoms with E-state index in [-0.39, 0.29) is 12.3 Å². The molecule has 1 aromatic heterocycles. The molecule has 2 amide bonds. The summed E-state index contributed by atoms with van der Waals surface area (Å²) in [5.41, 5.74) is 7.99. The zero-order chi connectivity index (χ0) is 18.0. The third-order valence-corrected chi connectivity index (χ3v) is 3.73. The number of nitrogens with two attached hydrogens (primary N) is 1. The maximum absolute atomic E-state index is 13.4. The topological polar surface area (TPSA) is 85.1 Å². The number of carbonyl (C=O) groups excluding carboxylic acids is 2. The zero-order valence-electron chi connectivity index (χ0n) is 13.5. The van der Waals surface area contributed by atoms with Gasteiger partial charge in [-0.1, -0.05) is 12.1 Å². The summed E-state index contributed by atoms with van der Waals surface area (Å²) in [5, 5.41) is 3.37. The van der Waals surface area contributed by atoms with E-state index in [9.17, 15) is 14.0 Å². The van der Waals surface area contributed by atoms with E-state index in [4.69, 9.17) is 5.73 Å². The lowest BCUT2D eigenvalue weighted by molar-refractivity contribution is -0.117. The van der Waals surface area contributed by atoms with Crippen molar-refractivity contribution < 1.29 is 14.0 Å². The molecule has 0 saturated carbocycles. The van der Waals surface area contributed by atoms with Crippen LogP contribution >= 0.6 is 0 Å². The van der Waals surface area contributed by atoms with E-state index in [2.05, 4.69) is 10.3 Å². The second-order valence-electron chi connectivity index (χ2n) is 5.77. The van der Waals surface area contributed by atoms with Gasteiger partial charge in [0.1, 0.15) is 5.82 Å². The molecule has 0 fully saturated rings. The highest BCUT2D eigenvalue weighted by molar-refractivity contribution is 6.12. The molecule has 2 aromatic carbocycles. The first-order valence-electron chi connectivity index (χ1n) is 7.68. The average Bonchev–Trinajstić information content (AvgIpc) is 2.55. The van der Waals surface area contributed by atoms with Crippen LogP contribution in [0.15, 0.2) is 48.5 Å². The molecule has 3 N–H and O–H groups in total. The quantitative estimate of drug-likeness (QED) is 0.767. The third kappa shape index (κ3) is 3.80. The summed E-state index contributed by atoms with van der Waals surface area (Å²) in [7, 11) is 0. The van der Waals surface area contributed by atoms with E-state index in [1.165, 1.54) is 12.1 Å². The van der Waals surface area contributed by atoms with Crippen molar-refractivity contribution in [1.82, 2.24) is 4.98 Å². The monoisotopic (exact) mass is 337 g/mol. The number of nitrogens with one attached hydrogen (secondary N) is 1. The van der Waals surface area contributed by atoms with Crippen LogP contribution in [-0.2, 0) is 11.2 Å². The van der Waals surface area contributed by atoms with E-state index in [0.29, 0.717) is 27.8 Å². The molecule has 0 aliphatic heterocycles. The number of amides is 2. The maximum Gasteiger partial charge on any atom is 0.256 e. The number of benzene rings is 2. The number of pyridine rings is 1. The van der Waals surface area contributed by atoms with Gasteiger partial charge < -0.3 is 11.1 Å². The van der Waals surface area contributed by atoms with Crippen LogP contribution in [0.25, 0.3) is 10.9 Å². The lowest BCUT2D eigenvalue weighted by atomic mass is 10.1. The number of carbonyl (C=O) groups is 2. The summed E-state index contributed by atoms with van der Waals surface area (Å²) in [4.78, 5) is 27.8. The lowest BCUT2D eigenvalue weighted by Gasteiger charge is -2.10. The standard InChI is InChI=1S/C19H16FN3O2/c1-11-8-16(15-7-4-13(20)10-17(15)22-11)19(25)23-14-5-2-12(3-6-14)9-18(21)24/h2-8,10H,9H2,1H3,(H2,21,24)(H,23,25). The van der Waals surface area contributed by atoms with Crippen molar-refractivity contribution in [3.63, 3.8) is 0 Å². The fourth-order valence-corrected chi connectivity index (χ4v) is 2.63. The summed E-state index contributed by atoms with van der Waals surface area (Å²) in [6, 6.07) is 12.7. The highest BCUT2D eigenvalue weighted by Crippen LogP contribution is 2.21. The predicted molar refractivity (Wildman–Crippen MR) is 93.7 cm³/mol. The molecule has 126 valence electrons. The largest absolute Gasteiger partial charge is 0.369 e. The van der Waals surface area contributed by atoms with Gasteiger partial charge in [-0.2, -0.15) is 0 Å². The molecule has 0 spiro atoms. The molecule has 0 bridgehead atoms. The molecule has 5 nitrogen and oxygen atoms in total. The molecule has 25 heavy (non-hydrogen) atoms.